The predicted octanol–water partition coefficient (Wildman–Crippen LogP) is 2.63. The third-order valence-electron chi connectivity index (χ3n) is 2.16. The Kier molecular flexibility index (Phi) is 4.79. The van der Waals surface area contributed by atoms with Crippen molar-refractivity contribution in [3.05, 3.63) is 33.9 Å². The minimum Gasteiger partial charge on any atom is -0.376 e. The number of nitro groups is 1. The highest BCUT2D eigenvalue weighted by atomic mass is 32.2. The summed E-state index contributed by atoms with van der Waals surface area (Å²) in [6.45, 7) is 1.94. The lowest BCUT2D eigenvalue weighted by Crippen LogP contribution is -2.18. The van der Waals surface area contributed by atoms with Crippen LogP contribution >= 0.6 is 11.8 Å². The summed E-state index contributed by atoms with van der Waals surface area (Å²) in [6, 6.07) is 6.65. The number of thioether (sulfide) groups is 1. The number of rotatable bonds is 5. The van der Waals surface area contributed by atoms with Crippen LogP contribution in [0.5, 0.6) is 0 Å². The molecule has 0 aliphatic carbocycles. The van der Waals surface area contributed by atoms with Crippen LogP contribution in [0.3, 0.4) is 0 Å². The molecule has 0 aliphatic heterocycles. The van der Waals surface area contributed by atoms with Gasteiger partial charge in [0.1, 0.15) is 17.3 Å². The summed E-state index contributed by atoms with van der Waals surface area (Å²) in [5.74, 6) is 0.841. The lowest BCUT2D eigenvalue weighted by molar-refractivity contribution is -0.384. The van der Waals surface area contributed by atoms with E-state index in [2.05, 4.69) is 5.32 Å². The normalized spacial score (nSPS) is 11.6. The Hall–Kier alpha value is -1.74. The van der Waals surface area contributed by atoms with Crippen molar-refractivity contribution in [1.82, 2.24) is 0 Å². The van der Waals surface area contributed by atoms with Gasteiger partial charge in [-0.05, 0) is 25.3 Å². The average molecular weight is 251 g/mol. The molecular formula is C11H13N3O2S. The molecule has 0 amide bonds. The van der Waals surface area contributed by atoms with Gasteiger partial charge in [0.2, 0.25) is 0 Å². The molecule has 0 bridgehead atoms. The van der Waals surface area contributed by atoms with E-state index in [0.29, 0.717) is 5.69 Å². The van der Waals surface area contributed by atoms with Gasteiger partial charge in [-0.25, -0.2) is 0 Å². The summed E-state index contributed by atoms with van der Waals surface area (Å²) in [4.78, 5) is 10.4. The Morgan fingerprint density at radius 3 is 2.88 bits per heavy atom. The number of hydrogen-bond donors (Lipinski definition) is 1. The molecule has 1 aromatic rings. The smallest absolute Gasteiger partial charge is 0.309 e. The summed E-state index contributed by atoms with van der Waals surface area (Å²) < 4.78 is 0. The van der Waals surface area contributed by atoms with Crippen molar-refractivity contribution in [3.8, 4) is 6.07 Å². The van der Waals surface area contributed by atoms with Gasteiger partial charge >= 0.3 is 5.69 Å². The van der Waals surface area contributed by atoms with Crippen LogP contribution < -0.4 is 5.32 Å². The fourth-order valence-corrected chi connectivity index (χ4v) is 2.09. The lowest BCUT2D eigenvalue weighted by Gasteiger charge is -2.14. The first-order valence-electron chi connectivity index (χ1n) is 5.03. The zero-order valence-electron chi connectivity index (χ0n) is 9.64. The molecule has 17 heavy (non-hydrogen) atoms. The van der Waals surface area contributed by atoms with Crippen LogP contribution in [0, 0.1) is 21.4 Å². The highest BCUT2D eigenvalue weighted by molar-refractivity contribution is 7.98. The van der Waals surface area contributed by atoms with Crippen LogP contribution in [0.1, 0.15) is 12.5 Å². The van der Waals surface area contributed by atoms with Crippen molar-refractivity contribution in [3.63, 3.8) is 0 Å². The second kappa shape index (κ2) is 6.11. The maximum atomic E-state index is 11.0. The first kappa shape index (κ1) is 13.3. The second-order valence-electron chi connectivity index (χ2n) is 3.57. The van der Waals surface area contributed by atoms with E-state index in [1.54, 1.807) is 23.9 Å². The molecule has 0 radical (unpaired) electrons. The molecule has 5 nitrogen and oxygen atoms in total. The fraction of sp³-hybridized carbons (Fsp3) is 0.364. The van der Waals surface area contributed by atoms with Gasteiger partial charge in [-0.1, -0.05) is 6.07 Å². The number of nitriles is 1. The van der Waals surface area contributed by atoms with Gasteiger partial charge in [0.25, 0.3) is 0 Å². The van der Waals surface area contributed by atoms with Gasteiger partial charge in [-0.15, -0.1) is 0 Å². The molecule has 0 spiro atoms. The molecule has 0 saturated carbocycles. The number of nitro benzene ring substituents is 1. The molecule has 1 unspecified atom stereocenters. The third-order valence-corrected chi connectivity index (χ3v) is 2.99. The summed E-state index contributed by atoms with van der Waals surface area (Å²) >= 11 is 1.66. The van der Waals surface area contributed by atoms with Crippen LogP contribution in [-0.4, -0.2) is 23.0 Å². The van der Waals surface area contributed by atoms with E-state index < -0.39 is 4.92 Å². The maximum absolute atomic E-state index is 11.0. The quantitative estimate of drug-likeness (QED) is 0.642. The van der Waals surface area contributed by atoms with Crippen molar-refractivity contribution in [1.29, 1.82) is 5.26 Å². The molecule has 0 aliphatic rings. The molecule has 0 fully saturated rings. The van der Waals surface area contributed by atoms with Crippen molar-refractivity contribution >= 4 is 23.1 Å². The first-order valence-corrected chi connectivity index (χ1v) is 6.42. The monoisotopic (exact) mass is 251 g/mol. The van der Waals surface area contributed by atoms with Crippen LogP contribution in [0.25, 0.3) is 0 Å². The van der Waals surface area contributed by atoms with E-state index >= 15 is 0 Å². The van der Waals surface area contributed by atoms with Crippen LogP contribution in [0.4, 0.5) is 11.4 Å². The number of anilines is 1. The summed E-state index contributed by atoms with van der Waals surface area (Å²) in [5, 5.41) is 22.8. The van der Waals surface area contributed by atoms with E-state index in [9.17, 15) is 10.1 Å². The minimum atomic E-state index is -0.521. The molecule has 1 aromatic carbocycles. The fourth-order valence-electron chi connectivity index (χ4n) is 1.50. The summed E-state index contributed by atoms with van der Waals surface area (Å²) in [7, 11) is 0. The number of para-hydroxylation sites is 1. The molecule has 0 heterocycles. The second-order valence-corrected chi connectivity index (χ2v) is 4.48. The Bertz CT molecular complexity index is 457. The third kappa shape index (κ3) is 3.36. The zero-order valence-corrected chi connectivity index (χ0v) is 10.5. The highest BCUT2D eigenvalue weighted by Crippen LogP contribution is 2.28. The first-order chi connectivity index (χ1) is 8.10. The van der Waals surface area contributed by atoms with Crippen molar-refractivity contribution in [2.24, 2.45) is 0 Å². The van der Waals surface area contributed by atoms with E-state index in [-0.39, 0.29) is 17.3 Å². The molecule has 90 valence electrons. The summed E-state index contributed by atoms with van der Waals surface area (Å²) in [6.07, 6.45) is 1.97. The van der Waals surface area contributed by atoms with E-state index in [1.165, 1.54) is 6.07 Å². The van der Waals surface area contributed by atoms with Gasteiger partial charge in [-0.3, -0.25) is 10.1 Å². The molecule has 1 N–H and O–H groups in total. The van der Waals surface area contributed by atoms with Crippen molar-refractivity contribution < 1.29 is 4.92 Å². The molecule has 0 saturated heterocycles. The van der Waals surface area contributed by atoms with Gasteiger partial charge in [-0.2, -0.15) is 17.0 Å². The van der Waals surface area contributed by atoms with Crippen LogP contribution in [0.2, 0.25) is 0 Å². The Labute approximate surface area is 104 Å². The number of benzene rings is 1. The number of nitrogens with zero attached hydrogens (tertiary/aromatic N) is 2. The largest absolute Gasteiger partial charge is 0.376 e. The number of hydrogen-bond acceptors (Lipinski definition) is 5. The SMILES string of the molecule is CSCC(C)Nc1cccc(C#N)c1[N+](=O)[O-]. The van der Waals surface area contributed by atoms with Crippen molar-refractivity contribution in [2.75, 3.05) is 17.3 Å². The van der Waals surface area contributed by atoms with E-state index in [1.807, 2.05) is 19.2 Å². The topological polar surface area (TPSA) is 79.0 Å². The number of nitrogens with one attached hydrogen (secondary N) is 1. The molecule has 0 aromatic heterocycles. The molecular weight excluding hydrogens is 238 g/mol. The van der Waals surface area contributed by atoms with E-state index in [4.69, 9.17) is 5.26 Å². The zero-order chi connectivity index (χ0) is 12.8. The van der Waals surface area contributed by atoms with Gasteiger partial charge < -0.3 is 5.32 Å². The highest BCUT2D eigenvalue weighted by Gasteiger charge is 2.20. The van der Waals surface area contributed by atoms with Gasteiger partial charge in [0.15, 0.2) is 0 Å². The van der Waals surface area contributed by atoms with Gasteiger partial charge in [0, 0.05) is 11.8 Å². The molecule has 1 rings (SSSR count). The van der Waals surface area contributed by atoms with E-state index in [0.717, 1.165) is 5.75 Å². The summed E-state index contributed by atoms with van der Waals surface area (Å²) in [5.41, 5.74) is 0.329. The molecule has 6 heteroatoms. The predicted molar refractivity (Wildman–Crippen MR) is 69.3 cm³/mol. The minimum absolute atomic E-state index is 0.0800. The lowest BCUT2D eigenvalue weighted by atomic mass is 10.1. The van der Waals surface area contributed by atoms with Crippen molar-refractivity contribution in [2.45, 2.75) is 13.0 Å². The Morgan fingerprint density at radius 2 is 2.35 bits per heavy atom. The van der Waals surface area contributed by atoms with Crippen LogP contribution in [0.15, 0.2) is 18.2 Å². The standard InChI is InChI=1S/C11H13N3O2S/c1-8(7-17-2)13-10-5-3-4-9(6-12)11(10)14(15)16/h3-5,8,13H,7H2,1-2H3. The molecule has 1 atom stereocenters. The Morgan fingerprint density at radius 1 is 1.65 bits per heavy atom. The maximum Gasteiger partial charge on any atom is 0.309 e. The van der Waals surface area contributed by atoms with Crippen LogP contribution in [-0.2, 0) is 0 Å². The van der Waals surface area contributed by atoms with Gasteiger partial charge in [0.05, 0.1) is 4.92 Å². The Balaban J connectivity index is 3.07. The average Bonchev–Trinajstić information content (AvgIpc) is 2.28.